The smallest absolute Gasteiger partial charge is 0.274 e. The number of fused-ring (bicyclic) bond motifs is 2. The highest BCUT2D eigenvalue weighted by atomic mass is 16.5. The van der Waals surface area contributed by atoms with Gasteiger partial charge >= 0.3 is 0 Å². The van der Waals surface area contributed by atoms with Crippen molar-refractivity contribution in [1.82, 2.24) is 19.6 Å². The average Bonchev–Trinajstić information content (AvgIpc) is 3.58. The molecule has 0 radical (unpaired) electrons. The van der Waals surface area contributed by atoms with Gasteiger partial charge in [-0.3, -0.25) is 9.59 Å². The molecule has 8 heteroatoms. The first-order valence-electron chi connectivity index (χ1n) is 17.4. The van der Waals surface area contributed by atoms with E-state index in [9.17, 15) is 9.59 Å². The van der Waals surface area contributed by atoms with Gasteiger partial charge in [0.25, 0.3) is 11.8 Å². The fraction of sp³-hybridized carbons (Fsp3) is 0.341. The summed E-state index contributed by atoms with van der Waals surface area (Å²) in [5.41, 5.74) is 5.68. The van der Waals surface area contributed by atoms with Crippen LogP contribution in [0.5, 0.6) is 11.6 Å². The number of hydrogen-bond donors (Lipinski definition) is 0. The second-order valence-corrected chi connectivity index (χ2v) is 12.9. The van der Waals surface area contributed by atoms with Gasteiger partial charge in [-0.1, -0.05) is 75.2 Å². The number of rotatable bonds is 12. The molecule has 6 rings (SSSR count). The SMILES string of the molecule is CCCCN(CCCC)C(=O)c1cc(OC)n(-c2ccc(-c3ccc4cc(OC)ccc4c3)cc2C(=O)N2Cc3ccccc3CC2C)n1. The summed E-state index contributed by atoms with van der Waals surface area (Å²) in [5.74, 6) is 0.979. The maximum atomic E-state index is 14.7. The molecule has 0 saturated heterocycles. The first-order chi connectivity index (χ1) is 23.8. The molecule has 0 N–H and O–H groups in total. The summed E-state index contributed by atoms with van der Waals surface area (Å²) in [4.78, 5) is 32.3. The van der Waals surface area contributed by atoms with Gasteiger partial charge in [0.05, 0.1) is 25.5 Å². The number of unbranched alkanes of at least 4 members (excludes halogenated alkanes) is 2. The number of ether oxygens (including phenoxy) is 2. The van der Waals surface area contributed by atoms with Crippen molar-refractivity contribution in [2.24, 2.45) is 0 Å². The van der Waals surface area contributed by atoms with Crippen molar-refractivity contribution in [3.63, 3.8) is 0 Å². The minimum absolute atomic E-state index is 0.00287. The molecule has 0 bridgehead atoms. The summed E-state index contributed by atoms with van der Waals surface area (Å²) in [6, 6.07) is 28.2. The van der Waals surface area contributed by atoms with E-state index in [1.54, 1.807) is 25.0 Å². The highest BCUT2D eigenvalue weighted by Crippen LogP contribution is 2.33. The molecule has 2 amide bonds. The largest absolute Gasteiger partial charge is 0.497 e. The average molecular weight is 659 g/mol. The lowest BCUT2D eigenvalue weighted by molar-refractivity contribution is 0.0657. The lowest BCUT2D eigenvalue weighted by Crippen LogP contribution is -2.43. The van der Waals surface area contributed by atoms with Crippen molar-refractivity contribution in [2.45, 2.75) is 65.5 Å². The van der Waals surface area contributed by atoms with E-state index in [0.717, 1.165) is 65.3 Å². The van der Waals surface area contributed by atoms with Crippen LogP contribution in [0.2, 0.25) is 0 Å². The summed E-state index contributed by atoms with van der Waals surface area (Å²) in [5, 5.41) is 6.95. The Bertz CT molecular complexity index is 1960. The number of methoxy groups -OCH3 is 2. The minimum atomic E-state index is -0.127. The minimum Gasteiger partial charge on any atom is -0.497 e. The molecule has 8 nitrogen and oxygen atoms in total. The second kappa shape index (κ2) is 15.0. The predicted molar refractivity (Wildman–Crippen MR) is 195 cm³/mol. The molecule has 4 aromatic carbocycles. The molecule has 5 aromatic rings. The van der Waals surface area contributed by atoms with Crippen LogP contribution in [0.3, 0.4) is 0 Å². The number of nitrogens with zero attached hydrogens (tertiary/aromatic N) is 4. The summed E-state index contributed by atoms with van der Waals surface area (Å²) in [6.07, 6.45) is 4.62. The molecule has 0 spiro atoms. The molecule has 0 fully saturated rings. The monoisotopic (exact) mass is 658 g/mol. The maximum absolute atomic E-state index is 14.7. The summed E-state index contributed by atoms with van der Waals surface area (Å²) >= 11 is 0. The Morgan fingerprint density at radius 1 is 0.816 bits per heavy atom. The Hall–Kier alpha value is -5.11. The number of amides is 2. The normalized spacial score (nSPS) is 14.1. The topological polar surface area (TPSA) is 76.9 Å². The molecule has 0 saturated carbocycles. The lowest BCUT2D eigenvalue weighted by atomic mass is 9.93. The van der Waals surface area contributed by atoms with E-state index < -0.39 is 0 Å². The standard InChI is InChI=1S/C41H46N4O4/c1-6-8-20-43(21-9-7-2)41(47)37-26-39(49-5)45(42-37)38-19-17-33(30-14-15-32-24-35(48-4)18-16-31(32)23-30)25-36(38)40(46)44-27-34-13-11-10-12-29(34)22-28(44)3/h10-19,23-26,28H,6-9,20-22,27H2,1-5H3. The molecule has 1 aromatic heterocycles. The number of hydrogen-bond acceptors (Lipinski definition) is 5. The quantitative estimate of drug-likeness (QED) is 0.135. The Kier molecular flexibility index (Phi) is 10.3. The van der Waals surface area contributed by atoms with Crippen LogP contribution in [0.4, 0.5) is 0 Å². The maximum Gasteiger partial charge on any atom is 0.274 e. The molecule has 254 valence electrons. The second-order valence-electron chi connectivity index (χ2n) is 12.9. The van der Waals surface area contributed by atoms with Crippen molar-refractivity contribution >= 4 is 22.6 Å². The van der Waals surface area contributed by atoms with Crippen molar-refractivity contribution in [3.05, 3.63) is 107 Å². The summed E-state index contributed by atoms with van der Waals surface area (Å²) < 4.78 is 12.8. The Balaban J connectivity index is 1.44. The van der Waals surface area contributed by atoms with Gasteiger partial charge < -0.3 is 19.3 Å². The predicted octanol–water partition coefficient (Wildman–Crippen LogP) is 8.34. The van der Waals surface area contributed by atoms with Crippen molar-refractivity contribution in [3.8, 4) is 28.4 Å². The third kappa shape index (κ3) is 7.05. The van der Waals surface area contributed by atoms with Crippen LogP contribution in [0.25, 0.3) is 27.6 Å². The van der Waals surface area contributed by atoms with Crippen LogP contribution in [-0.2, 0) is 13.0 Å². The van der Waals surface area contributed by atoms with E-state index >= 15 is 0 Å². The van der Waals surface area contributed by atoms with E-state index in [-0.39, 0.29) is 17.9 Å². The van der Waals surface area contributed by atoms with Gasteiger partial charge in [0.1, 0.15) is 5.75 Å². The molecular weight excluding hydrogens is 612 g/mol. The fourth-order valence-electron chi connectivity index (χ4n) is 6.67. The Morgan fingerprint density at radius 2 is 1.49 bits per heavy atom. The zero-order valence-electron chi connectivity index (χ0n) is 29.2. The van der Waals surface area contributed by atoms with Gasteiger partial charge in [0.15, 0.2) is 5.69 Å². The summed E-state index contributed by atoms with van der Waals surface area (Å²) in [7, 11) is 3.23. The molecule has 2 heterocycles. The van der Waals surface area contributed by atoms with Crippen molar-refractivity contribution in [2.75, 3.05) is 27.3 Å². The molecule has 0 aliphatic carbocycles. The van der Waals surface area contributed by atoms with Crippen LogP contribution in [0.15, 0.2) is 84.9 Å². The zero-order valence-corrected chi connectivity index (χ0v) is 29.2. The third-order valence-electron chi connectivity index (χ3n) is 9.56. The van der Waals surface area contributed by atoms with Crippen molar-refractivity contribution < 1.29 is 19.1 Å². The number of benzene rings is 4. The first-order valence-corrected chi connectivity index (χ1v) is 17.4. The first kappa shape index (κ1) is 33.8. The van der Waals surface area contributed by atoms with E-state index in [4.69, 9.17) is 14.6 Å². The van der Waals surface area contributed by atoms with E-state index in [0.29, 0.717) is 42.5 Å². The zero-order chi connectivity index (χ0) is 34.5. The van der Waals surface area contributed by atoms with E-state index in [1.165, 1.54) is 5.56 Å². The van der Waals surface area contributed by atoms with Crippen LogP contribution in [0.1, 0.15) is 78.4 Å². The molecule has 1 aliphatic heterocycles. The van der Waals surface area contributed by atoms with Crippen LogP contribution < -0.4 is 9.47 Å². The van der Waals surface area contributed by atoms with Gasteiger partial charge in [0, 0.05) is 31.7 Å². The molecular formula is C41H46N4O4. The van der Waals surface area contributed by atoms with Gasteiger partial charge in [-0.05, 0) is 89.5 Å². The number of aromatic nitrogens is 2. The van der Waals surface area contributed by atoms with E-state index in [1.807, 2.05) is 52.3 Å². The van der Waals surface area contributed by atoms with Crippen LogP contribution in [-0.4, -0.2) is 64.7 Å². The van der Waals surface area contributed by atoms with Gasteiger partial charge in [0.2, 0.25) is 5.88 Å². The van der Waals surface area contributed by atoms with Crippen LogP contribution >= 0.6 is 0 Å². The van der Waals surface area contributed by atoms with Gasteiger partial charge in [-0.15, -0.1) is 0 Å². The highest BCUT2D eigenvalue weighted by Gasteiger charge is 2.31. The molecule has 1 aliphatic rings. The molecule has 1 unspecified atom stereocenters. The van der Waals surface area contributed by atoms with Gasteiger partial charge in [-0.2, -0.15) is 9.78 Å². The fourth-order valence-corrected chi connectivity index (χ4v) is 6.67. The lowest BCUT2D eigenvalue weighted by Gasteiger charge is -2.35. The van der Waals surface area contributed by atoms with Gasteiger partial charge in [-0.25, -0.2) is 0 Å². The third-order valence-corrected chi connectivity index (χ3v) is 9.56. The molecule has 49 heavy (non-hydrogen) atoms. The number of carbonyl (C=O) groups excluding carboxylic acids is 2. The Morgan fingerprint density at radius 3 is 2.20 bits per heavy atom. The van der Waals surface area contributed by atoms with E-state index in [2.05, 4.69) is 57.2 Å². The van der Waals surface area contributed by atoms with Crippen molar-refractivity contribution in [1.29, 1.82) is 0 Å². The summed E-state index contributed by atoms with van der Waals surface area (Å²) in [6.45, 7) is 8.22. The highest BCUT2D eigenvalue weighted by molar-refractivity contribution is 6.00. The Labute approximate surface area is 289 Å². The molecule has 1 atom stereocenters. The number of carbonyl (C=O) groups is 2. The van der Waals surface area contributed by atoms with Crippen LogP contribution in [0, 0.1) is 0 Å².